The second kappa shape index (κ2) is 6.08. The highest BCUT2D eigenvalue weighted by atomic mass is 32.2. The molecule has 7 nitrogen and oxygen atoms in total. The molecule has 0 bridgehead atoms. The van der Waals surface area contributed by atoms with Crippen molar-refractivity contribution in [2.24, 2.45) is 0 Å². The molecule has 8 heteroatoms. The average molecular weight is 373 g/mol. The number of oxazole rings is 1. The second-order valence-corrected chi connectivity index (χ2v) is 8.73. The Morgan fingerprint density at radius 1 is 1.12 bits per heavy atom. The van der Waals surface area contributed by atoms with E-state index >= 15 is 0 Å². The van der Waals surface area contributed by atoms with Crippen LogP contribution < -0.4 is 11.1 Å². The third kappa shape index (κ3) is 2.76. The van der Waals surface area contributed by atoms with Gasteiger partial charge in [-0.05, 0) is 28.8 Å². The molecule has 0 atom stereocenters. The summed E-state index contributed by atoms with van der Waals surface area (Å²) in [4.78, 5) is 12.4. The van der Waals surface area contributed by atoms with Gasteiger partial charge in [-0.2, -0.15) is 0 Å². The van der Waals surface area contributed by atoms with Crippen molar-refractivity contribution in [2.45, 2.75) is 24.5 Å². The molecule has 1 aliphatic heterocycles. The number of hydrogen-bond donors (Lipinski definition) is 1. The summed E-state index contributed by atoms with van der Waals surface area (Å²) in [5.41, 5.74) is 4.36. The summed E-state index contributed by atoms with van der Waals surface area (Å²) in [5, 5.41) is 3.30. The number of nitrogens with zero attached hydrogens (tertiary/aromatic N) is 2. The quantitative estimate of drug-likeness (QED) is 0.749. The van der Waals surface area contributed by atoms with E-state index < -0.39 is 15.8 Å². The smallest absolute Gasteiger partial charge is 0.408 e. The maximum Gasteiger partial charge on any atom is 0.420 e. The minimum Gasteiger partial charge on any atom is -0.408 e. The predicted molar refractivity (Wildman–Crippen MR) is 97.4 cm³/mol. The van der Waals surface area contributed by atoms with E-state index in [0.717, 1.165) is 23.0 Å². The van der Waals surface area contributed by atoms with Crippen LogP contribution in [0.15, 0.2) is 50.5 Å². The van der Waals surface area contributed by atoms with Gasteiger partial charge in [0.15, 0.2) is 5.58 Å². The third-order valence-corrected chi connectivity index (χ3v) is 6.47. The molecular formula is C18H19N3O4S. The lowest BCUT2D eigenvalue weighted by Crippen LogP contribution is -2.22. The van der Waals surface area contributed by atoms with Gasteiger partial charge in [-0.1, -0.05) is 18.2 Å². The number of benzene rings is 2. The van der Waals surface area contributed by atoms with Crippen LogP contribution in [0.2, 0.25) is 0 Å². The van der Waals surface area contributed by atoms with Gasteiger partial charge in [-0.3, -0.25) is 4.57 Å². The van der Waals surface area contributed by atoms with E-state index in [-0.39, 0.29) is 10.5 Å². The molecule has 0 spiro atoms. The first-order chi connectivity index (χ1) is 12.4. The fourth-order valence-corrected chi connectivity index (χ4v) is 4.11. The highest BCUT2D eigenvalue weighted by Crippen LogP contribution is 2.22. The van der Waals surface area contributed by atoms with E-state index in [0.29, 0.717) is 12.1 Å². The van der Waals surface area contributed by atoms with Crippen molar-refractivity contribution in [3.8, 4) is 0 Å². The molecule has 2 aromatic carbocycles. The molecule has 0 aliphatic carbocycles. The summed E-state index contributed by atoms with van der Waals surface area (Å²) >= 11 is 0. The van der Waals surface area contributed by atoms with Crippen LogP contribution in [0.25, 0.3) is 11.1 Å². The van der Waals surface area contributed by atoms with Gasteiger partial charge in [0, 0.05) is 33.3 Å². The molecule has 0 amide bonds. The SMILES string of the molecule is CN(C)S(=O)(=O)c1ccc2c(c1)oc(=O)n2Cc1ccc2c(c1)CNC2. The predicted octanol–water partition coefficient (Wildman–Crippen LogP) is 1.50. The molecule has 26 heavy (non-hydrogen) atoms. The highest BCUT2D eigenvalue weighted by Gasteiger charge is 2.20. The van der Waals surface area contributed by atoms with Gasteiger partial charge in [-0.25, -0.2) is 17.5 Å². The van der Waals surface area contributed by atoms with Gasteiger partial charge in [0.25, 0.3) is 0 Å². The van der Waals surface area contributed by atoms with E-state index in [2.05, 4.69) is 17.4 Å². The Labute approximate surface area is 150 Å². The maximum absolute atomic E-state index is 12.3. The first-order valence-electron chi connectivity index (χ1n) is 8.23. The first kappa shape index (κ1) is 17.0. The van der Waals surface area contributed by atoms with Crippen molar-refractivity contribution in [2.75, 3.05) is 14.1 Å². The lowest BCUT2D eigenvalue weighted by atomic mass is 10.1. The zero-order valence-electron chi connectivity index (χ0n) is 14.5. The zero-order valence-corrected chi connectivity index (χ0v) is 15.3. The Morgan fingerprint density at radius 3 is 2.65 bits per heavy atom. The topological polar surface area (TPSA) is 84.6 Å². The van der Waals surface area contributed by atoms with Crippen LogP contribution >= 0.6 is 0 Å². The monoisotopic (exact) mass is 373 g/mol. The minimum atomic E-state index is -3.58. The van der Waals surface area contributed by atoms with E-state index in [1.165, 1.54) is 41.9 Å². The van der Waals surface area contributed by atoms with Crippen LogP contribution in [-0.2, 0) is 29.7 Å². The van der Waals surface area contributed by atoms with Crippen molar-refractivity contribution in [1.29, 1.82) is 0 Å². The van der Waals surface area contributed by atoms with Gasteiger partial charge in [0.1, 0.15) is 0 Å². The number of hydrogen-bond acceptors (Lipinski definition) is 5. The van der Waals surface area contributed by atoms with E-state index in [9.17, 15) is 13.2 Å². The lowest BCUT2D eigenvalue weighted by molar-refractivity contribution is 0.513. The molecule has 0 fully saturated rings. The molecule has 0 saturated heterocycles. The van der Waals surface area contributed by atoms with Crippen molar-refractivity contribution >= 4 is 21.1 Å². The largest absolute Gasteiger partial charge is 0.420 e. The first-order valence-corrected chi connectivity index (χ1v) is 9.67. The van der Waals surface area contributed by atoms with Crippen molar-refractivity contribution in [3.05, 3.63) is 63.6 Å². The Kier molecular flexibility index (Phi) is 3.98. The molecule has 1 N–H and O–H groups in total. The number of aromatic nitrogens is 1. The number of sulfonamides is 1. The highest BCUT2D eigenvalue weighted by molar-refractivity contribution is 7.89. The molecule has 0 radical (unpaired) electrons. The van der Waals surface area contributed by atoms with Gasteiger partial charge >= 0.3 is 5.76 Å². The lowest BCUT2D eigenvalue weighted by Gasteiger charge is -2.11. The minimum absolute atomic E-state index is 0.0968. The van der Waals surface area contributed by atoms with Crippen LogP contribution in [0.4, 0.5) is 0 Å². The third-order valence-electron chi connectivity index (χ3n) is 4.66. The van der Waals surface area contributed by atoms with Crippen LogP contribution in [0, 0.1) is 0 Å². The molecular weight excluding hydrogens is 354 g/mol. The van der Waals surface area contributed by atoms with Gasteiger partial charge in [0.2, 0.25) is 10.0 Å². The normalized spacial score (nSPS) is 14.3. The fraction of sp³-hybridized carbons (Fsp3) is 0.278. The summed E-state index contributed by atoms with van der Waals surface area (Å²) in [6, 6.07) is 10.7. The standard InChI is InChI=1S/C18H19N3O4S/c1-20(2)26(23,24)15-5-6-16-17(8-15)25-18(22)21(16)11-12-3-4-13-9-19-10-14(13)7-12/h3-8,19H,9-11H2,1-2H3. The van der Waals surface area contributed by atoms with E-state index in [1.54, 1.807) is 6.07 Å². The summed E-state index contributed by atoms with van der Waals surface area (Å²) in [7, 11) is -0.659. The van der Waals surface area contributed by atoms with Crippen LogP contribution in [0.1, 0.15) is 16.7 Å². The summed E-state index contributed by atoms with van der Waals surface area (Å²) in [6.45, 7) is 2.07. The molecule has 0 unspecified atom stereocenters. The summed E-state index contributed by atoms with van der Waals surface area (Å²) in [5.74, 6) is -0.502. The van der Waals surface area contributed by atoms with Gasteiger partial charge in [-0.15, -0.1) is 0 Å². The molecule has 136 valence electrons. The zero-order chi connectivity index (χ0) is 18.5. The van der Waals surface area contributed by atoms with E-state index in [1.807, 2.05) is 6.07 Å². The molecule has 4 rings (SSSR count). The Bertz CT molecular complexity index is 1160. The summed E-state index contributed by atoms with van der Waals surface area (Å²) < 4.78 is 32.5. The average Bonchev–Trinajstić information content (AvgIpc) is 3.18. The van der Waals surface area contributed by atoms with Crippen molar-refractivity contribution in [1.82, 2.24) is 14.2 Å². The Hall–Kier alpha value is -2.42. The van der Waals surface area contributed by atoms with Crippen molar-refractivity contribution in [3.63, 3.8) is 0 Å². The maximum atomic E-state index is 12.3. The van der Waals surface area contributed by atoms with Crippen LogP contribution in [0.3, 0.4) is 0 Å². The molecule has 1 aliphatic rings. The van der Waals surface area contributed by atoms with E-state index in [4.69, 9.17) is 4.42 Å². The van der Waals surface area contributed by atoms with Crippen molar-refractivity contribution < 1.29 is 12.8 Å². The molecule has 3 aromatic rings. The Balaban J connectivity index is 1.75. The molecule has 0 saturated carbocycles. The number of fused-ring (bicyclic) bond motifs is 2. The molecule has 2 heterocycles. The van der Waals surface area contributed by atoms with Crippen LogP contribution in [0.5, 0.6) is 0 Å². The van der Waals surface area contributed by atoms with Gasteiger partial charge < -0.3 is 9.73 Å². The fourth-order valence-electron chi connectivity index (χ4n) is 3.20. The van der Waals surface area contributed by atoms with Crippen LogP contribution in [-0.4, -0.2) is 31.4 Å². The Morgan fingerprint density at radius 2 is 1.88 bits per heavy atom. The number of nitrogens with one attached hydrogen (secondary N) is 1. The molecule has 1 aromatic heterocycles. The second-order valence-electron chi connectivity index (χ2n) is 6.58. The van der Waals surface area contributed by atoms with Gasteiger partial charge in [0.05, 0.1) is 17.0 Å². The number of rotatable bonds is 4. The summed E-state index contributed by atoms with van der Waals surface area (Å²) in [6.07, 6.45) is 0.